The van der Waals surface area contributed by atoms with Crippen molar-refractivity contribution in [1.82, 2.24) is 10.2 Å². The van der Waals surface area contributed by atoms with Gasteiger partial charge in [-0.15, -0.1) is 0 Å². The van der Waals surface area contributed by atoms with Crippen LogP contribution in [0.5, 0.6) is 0 Å². The Morgan fingerprint density at radius 3 is 2.34 bits per heavy atom. The number of hydrogen-bond donors (Lipinski definition) is 2. The Morgan fingerprint density at radius 2 is 1.72 bits per heavy atom. The molecular formula is C25H28N2O5. The molecular weight excluding hydrogens is 408 g/mol. The molecule has 1 unspecified atom stereocenters. The number of aliphatic carboxylic acids is 1. The van der Waals surface area contributed by atoms with Crippen molar-refractivity contribution in [3.63, 3.8) is 0 Å². The number of carbonyl (C=O) groups is 3. The van der Waals surface area contributed by atoms with Crippen LogP contribution in [0.1, 0.15) is 43.2 Å². The van der Waals surface area contributed by atoms with Crippen LogP contribution in [0.25, 0.3) is 11.1 Å². The highest BCUT2D eigenvalue weighted by atomic mass is 16.5. The lowest BCUT2D eigenvalue weighted by Gasteiger charge is -2.26. The number of ether oxygens (including phenoxy) is 1. The van der Waals surface area contributed by atoms with Crippen LogP contribution >= 0.6 is 0 Å². The lowest BCUT2D eigenvalue weighted by atomic mass is 9.98. The number of alkyl carbamates (subject to hydrolysis) is 1. The van der Waals surface area contributed by atoms with Gasteiger partial charge >= 0.3 is 12.1 Å². The minimum Gasteiger partial charge on any atom is -0.481 e. The number of carbonyl (C=O) groups excluding carboxylic acids is 2. The zero-order chi connectivity index (χ0) is 22.7. The van der Waals surface area contributed by atoms with E-state index < -0.39 is 18.0 Å². The Balaban J connectivity index is 1.30. The minimum absolute atomic E-state index is 0.0198. The highest BCUT2D eigenvalue weighted by Crippen LogP contribution is 2.44. The summed E-state index contributed by atoms with van der Waals surface area (Å²) < 4.78 is 5.52. The Bertz CT molecular complexity index is 975. The summed E-state index contributed by atoms with van der Waals surface area (Å²) in [5, 5.41) is 11.7. The number of benzene rings is 2. The molecule has 2 amide bonds. The zero-order valence-corrected chi connectivity index (χ0v) is 18.1. The van der Waals surface area contributed by atoms with Gasteiger partial charge in [0.1, 0.15) is 6.61 Å². The molecule has 0 radical (unpaired) electrons. The molecule has 1 aliphatic heterocycles. The van der Waals surface area contributed by atoms with Crippen LogP contribution in [0.2, 0.25) is 0 Å². The number of carboxylic acids is 1. The first kappa shape index (κ1) is 21.9. The molecule has 2 aromatic carbocycles. The number of fused-ring (bicyclic) bond motifs is 3. The van der Waals surface area contributed by atoms with Gasteiger partial charge in [-0.1, -0.05) is 55.5 Å². The number of likely N-dealkylation sites (tertiary alicyclic amines) is 1. The number of amides is 2. The molecule has 2 atom stereocenters. The Hall–Kier alpha value is -3.35. The maximum absolute atomic E-state index is 12.7. The maximum atomic E-state index is 12.7. The van der Waals surface area contributed by atoms with Crippen molar-refractivity contribution < 1.29 is 24.2 Å². The number of nitrogens with zero attached hydrogens (tertiary/aromatic N) is 1. The second-order valence-corrected chi connectivity index (χ2v) is 8.53. The first-order valence-electron chi connectivity index (χ1n) is 11.1. The molecule has 0 aromatic heterocycles. The molecule has 2 aliphatic rings. The number of nitrogens with one attached hydrogen (secondary N) is 1. The van der Waals surface area contributed by atoms with E-state index in [0.717, 1.165) is 28.7 Å². The average molecular weight is 437 g/mol. The Morgan fingerprint density at radius 1 is 1.09 bits per heavy atom. The summed E-state index contributed by atoms with van der Waals surface area (Å²) in [4.78, 5) is 37.7. The molecule has 7 nitrogen and oxygen atoms in total. The second-order valence-electron chi connectivity index (χ2n) is 8.53. The molecule has 1 saturated heterocycles. The Labute approximate surface area is 187 Å². The van der Waals surface area contributed by atoms with Gasteiger partial charge in [0.25, 0.3) is 0 Å². The molecule has 7 heteroatoms. The molecule has 0 bridgehead atoms. The van der Waals surface area contributed by atoms with Crippen LogP contribution in [0.15, 0.2) is 48.5 Å². The van der Waals surface area contributed by atoms with E-state index in [2.05, 4.69) is 29.6 Å². The number of carboxylic acid groups (broad SMARTS) is 1. The predicted octanol–water partition coefficient (Wildman–Crippen LogP) is 3.63. The van der Waals surface area contributed by atoms with Crippen LogP contribution in [0.3, 0.4) is 0 Å². The molecule has 4 rings (SSSR count). The average Bonchev–Trinajstić information content (AvgIpc) is 3.37. The van der Waals surface area contributed by atoms with Crippen molar-refractivity contribution in [2.45, 2.75) is 38.1 Å². The lowest BCUT2D eigenvalue weighted by molar-refractivity contribution is -0.141. The first-order chi connectivity index (χ1) is 15.5. The number of rotatable bonds is 7. The molecule has 32 heavy (non-hydrogen) atoms. The molecule has 1 heterocycles. The third kappa shape index (κ3) is 4.47. The van der Waals surface area contributed by atoms with Crippen molar-refractivity contribution in [2.75, 3.05) is 19.7 Å². The highest BCUT2D eigenvalue weighted by Gasteiger charge is 2.33. The van der Waals surface area contributed by atoms with Gasteiger partial charge in [0.2, 0.25) is 5.91 Å². The quantitative estimate of drug-likeness (QED) is 0.691. The summed E-state index contributed by atoms with van der Waals surface area (Å²) in [6.45, 7) is 2.66. The van der Waals surface area contributed by atoms with E-state index in [-0.39, 0.29) is 37.4 Å². The Kier molecular flexibility index (Phi) is 6.44. The first-order valence-corrected chi connectivity index (χ1v) is 11.1. The van der Waals surface area contributed by atoms with Crippen molar-refractivity contribution in [1.29, 1.82) is 0 Å². The van der Waals surface area contributed by atoms with E-state index >= 15 is 0 Å². The highest BCUT2D eigenvalue weighted by molar-refractivity contribution is 5.81. The monoisotopic (exact) mass is 436 g/mol. The van der Waals surface area contributed by atoms with Gasteiger partial charge in [-0.3, -0.25) is 9.59 Å². The van der Waals surface area contributed by atoms with Crippen LogP contribution < -0.4 is 5.32 Å². The fraction of sp³-hybridized carbons (Fsp3) is 0.400. The van der Waals surface area contributed by atoms with Crippen molar-refractivity contribution in [3.8, 4) is 11.1 Å². The second kappa shape index (κ2) is 9.42. The summed E-state index contributed by atoms with van der Waals surface area (Å²) >= 11 is 0. The smallest absolute Gasteiger partial charge is 0.407 e. The fourth-order valence-electron chi connectivity index (χ4n) is 4.80. The van der Waals surface area contributed by atoms with E-state index in [1.54, 1.807) is 11.8 Å². The minimum atomic E-state index is -0.904. The molecule has 0 spiro atoms. The van der Waals surface area contributed by atoms with Crippen molar-refractivity contribution in [2.24, 2.45) is 5.92 Å². The van der Waals surface area contributed by atoms with E-state index in [0.29, 0.717) is 13.0 Å². The van der Waals surface area contributed by atoms with Gasteiger partial charge in [0, 0.05) is 25.0 Å². The zero-order valence-electron chi connectivity index (χ0n) is 18.1. The lowest BCUT2D eigenvalue weighted by Crippen LogP contribution is -2.43. The summed E-state index contributed by atoms with van der Waals surface area (Å²) in [5.74, 6) is -1.51. The molecule has 2 aromatic rings. The van der Waals surface area contributed by atoms with Gasteiger partial charge in [-0.2, -0.15) is 0 Å². The van der Waals surface area contributed by atoms with E-state index in [9.17, 15) is 14.4 Å². The van der Waals surface area contributed by atoms with Gasteiger partial charge in [-0.05, 0) is 35.1 Å². The SMILES string of the molecule is CC(CNC(=O)OCC1c2ccccc2-c2ccccc21)C(=O)N1CCC[C@@H]1CC(=O)O. The third-order valence-corrected chi connectivity index (χ3v) is 6.39. The maximum Gasteiger partial charge on any atom is 0.407 e. The van der Waals surface area contributed by atoms with Crippen molar-refractivity contribution in [3.05, 3.63) is 59.7 Å². The van der Waals surface area contributed by atoms with Crippen LogP contribution in [-0.4, -0.2) is 53.7 Å². The summed E-state index contributed by atoms with van der Waals surface area (Å²) in [6.07, 6.45) is 0.897. The normalized spacial score (nSPS) is 18.0. The standard InChI is InChI=1S/C25H28N2O5/c1-16(24(30)27-12-6-7-17(27)13-23(28)29)14-26-25(31)32-15-22-20-10-4-2-8-18(20)19-9-3-5-11-21(19)22/h2-5,8-11,16-17,22H,6-7,12-15H2,1H3,(H,26,31)(H,28,29)/t16?,17-/m1/s1. The fourth-order valence-corrected chi connectivity index (χ4v) is 4.80. The molecule has 168 valence electrons. The van der Waals surface area contributed by atoms with E-state index in [4.69, 9.17) is 9.84 Å². The van der Waals surface area contributed by atoms with Gasteiger partial charge in [0.05, 0.1) is 12.3 Å². The summed E-state index contributed by atoms with van der Waals surface area (Å²) in [5.41, 5.74) is 4.61. The number of hydrogen-bond acceptors (Lipinski definition) is 4. The van der Waals surface area contributed by atoms with Gasteiger partial charge in [-0.25, -0.2) is 4.79 Å². The molecule has 1 aliphatic carbocycles. The van der Waals surface area contributed by atoms with Gasteiger partial charge < -0.3 is 20.1 Å². The van der Waals surface area contributed by atoms with Crippen LogP contribution in [-0.2, 0) is 14.3 Å². The molecule has 0 saturated carbocycles. The topological polar surface area (TPSA) is 95.9 Å². The molecule has 2 N–H and O–H groups in total. The van der Waals surface area contributed by atoms with Crippen LogP contribution in [0.4, 0.5) is 4.79 Å². The molecule has 1 fully saturated rings. The predicted molar refractivity (Wildman–Crippen MR) is 119 cm³/mol. The van der Waals surface area contributed by atoms with E-state index in [1.807, 2.05) is 24.3 Å². The summed E-state index contributed by atoms with van der Waals surface area (Å²) in [6, 6.07) is 16.0. The van der Waals surface area contributed by atoms with E-state index in [1.165, 1.54) is 0 Å². The van der Waals surface area contributed by atoms with Crippen molar-refractivity contribution >= 4 is 18.0 Å². The third-order valence-electron chi connectivity index (χ3n) is 6.39. The van der Waals surface area contributed by atoms with Gasteiger partial charge in [0.15, 0.2) is 0 Å². The summed E-state index contributed by atoms with van der Waals surface area (Å²) in [7, 11) is 0. The largest absolute Gasteiger partial charge is 0.481 e. The van der Waals surface area contributed by atoms with Crippen LogP contribution in [0, 0.1) is 5.92 Å².